The van der Waals surface area contributed by atoms with Crippen molar-refractivity contribution in [2.45, 2.75) is 25.9 Å². The summed E-state index contributed by atoms with van der Waals surface area (Å²) in [6, 6.07) is 11.4. The number of halogens is 3. The molecule has 0 aliphatic carbocycles. The van der Waals surface area contributed by atoms with Gasteiger partial charge in [0.1, 0.15) is 0 Å². The van der Waals surface area contributed by atoms with Crippen molar-refractivity contribution in [1.82, 2.24) is 5.32 Å². The van der Waals surface area contributed by atoms with Crippen molar-refractivity contribution in [3.63, 3.8) is 0 Å². The van der Waals surface area contributed by atoms with Crippen molar-refractivity contribution < 1.29 is 8.78 Å². The minimum Gasteiger partial charge on any atom is -0.304 e. The lowest BCUT2D eigenvalue weighted by Gasteiger charge is -2.21. The van der Waals surface area contributed by atoms with Gasteiger partial charge in [0.15, 0.2) is 11.6 Å². The van der Waals surface area contributed by atoms with Crippen LogP contribution in [0.2, 0.25) is 5.02 Å². The predicted octanol–water partition coefficient (Wildman–Crippen LogP) is 5.03. The monoisotopic (exact) mass is 295 g/mol. The van der Waals surface area contributed by atoms with Gasteiger partial charge in [-0.3, -0.25) is 0 Å². The molecule has 2 aromatic carbocycles. The Morgan fingerprint density at radius 3 is 2.25 bits per heavy atom. The molecule has 0 aliphatic rings. The largest absolute Gasteiger partial charge is 0.304 e. The number of hydrogen-bond donors (Lipinski definition) is 1. The van der Waals surface area contributed by atoms with Gasteiger partial charge < -0.3 is 5.32 Å². The van der Waals surface area contributed by atoms with Crippen molar-refractivity contribution in [3.05, 3.63) is 70.2 Å². The van der Waals surface area contributed by atoms with E-state index in [1.54, 1.807) is 6.07 Å². The molecule has 0 bridgehead atoms. The average Bonchev–Trinajstić information content (AvgIpc) is 2.42. The molecule has 0 spiro atoms. The normalized spacial score (nSPS) is 14.1. The Bertz CT molecular complexity index is 584. The van der Waals surface area contributed by atoms with E-state index in [1.165, 1.54) is 6.07 Å². The summed E-state index contributed by atoms with van der Waals surface area (Å²) in [6.45, 7) is 3.78. The first-order valence-corrected chi connectivity index (χ1v) is 6.82. The van der Waals surface area contributed by atoms with E-state index in [9.17, 15) is 8.78 Å². The van der Waals surface area contributed by atoms with E-state index in [1.807, 2.05) is 38.1 Å². The van der Waals surface area contributed by atoms with Crippen LogP contribution in [-0.4, -0.2) is 0 Å². The van der Waals surface area contributed by atoms with E-state index in [0.29, 0.717) is 10.6 Å². The Morgan fingerprint density at radius 2 is 1.60 bits per heavy atom. The summed E-state index contributed by atoms with van der Waals surface area (Å²) in [7, 11) is 0. The van der Waals surface area contributed by atoms with E-state index >= 15 is 0 Å². The van der Waals surface area contributed by atoms with Gasteiger partial charge in [0.25, 0.3) is 0 Å². The molecule has 0 saturated heterocycles. The van der Waals surface area contributed by atoms with Crippen LogP contribution in [0, 0.1) is 11.6 Å². The van der Waals surface area contributed by atoms with E-state index in [4.69, 9.17) is 11.6 Å². The van der Waals surface area contributed by atoms with Crippen molar-refractivity contribution in [2.24, 2.45) is 0 Å². The lowest BCUT2D eigenvalue weighted by molar-refractivity contribution is 0.449. The molecule has 2 aromatic rings. The highest BCUT2D eigenvalue weighted by Gasteiger charge is 2.16. The predicted molar refractivity (Wildman–Crippen MR) is 77.8 cm³/mol. The van der Waals surface area contributed by atoms with E-state index in [0.717, 1.165) is 11.6 Å². The zero-order valence-corrected chi connectivity index (χ0v) is 12.1. The first-order valence-electron chi connectivity index (χ1n) is 6.44. The van der Waals surface area contributed by atoms with Crippen LogP contribution in [0.3, 0.4) is 0 Å². The standard InChI is InChI=1S/C16H16ClF2N/c1-10(12-6-8-13(17)9-7-12)20-11(2)14-4-3-5-15(18)16(14)19/h3-11,20H,1-2H3/t10-,11?/m1/s1. The summed E-state index contributed by atoms with van der Waals surface area (Å²) in [5.41, 5.74) is 1.36. The Labute approximate surface area is 122 Å². The summed E-state index contributed by atoms with van der Waals surface area (Å²) in [5.74, 6) is -1.62. The molecular weight excluding hydrogens is 280 g/mol. The van der Waals surface area contributed by atoms with Gasteiger partial charge in [-0.1, -0.05) is 35.9 Å². The fourth-order valence-corrected chi connectivity index (χ4v) is 2.29. The summed E-state index contributed by atoms with van der Waals surface area (Å²) in [5, 5.41) is 3.92. The Kier molecular flexibility index (Phi) is 4.73. The Morgan fingerprint density at radius 1 is 0.950 bits per heavy atom. The molecule has 2 rings (SSSR count). The maximum absolute atomic E-state index is 13.7. The van der Waals surface area contributed by atoms with Crippen LogP contribution in [-0.2, 0) is 0 Å². The SMILES string of the molecule is CC(N[C@H](C)c1ccc(Cl)cc1)c1cccc(F)c1F. The fourth-order valence-electron chi connectivity index (χ4n) is 2.17. The molecule has 0 fully saturated rings. The van der Waals surface area contributed by atoms with Gasteiger partial charge in [-0.2, -0.15) is 0 Å². The van der Waals surface area contributed by atoms with Gasteiger partial charge in [0, 0.05) is 22.7 Å². The zero-order valence-electron chi connectivity index (χ0n) is 11.3. The number of nitrogens with one attached hydrogen (secondary N) is 1. The third-order valence-electron chi connectivity index (χ3n) is 3.32. The molecule has 0 radical (unpaired) electrons. The Balaban J connectivity index is 2.13. The molecule has 4 heteroatoms. The molecule has 0 aliphatic heterocycles. The minimum absolute atomic E-state index is 0.00457. The maximum Gasteiger partial charge on any atom is 0.163 e. The second-order valence-electron chi connectivity index (χ2n) is 4.80. The highest BCUT2D eigenvalue weighted by atomic mass is 35.5. The molecule has 1 N–H and O–H groups in total. The van der Waals surface area contributed by atoms with Crippen LogP contribution in [0.5, 0.6) is 0 Å². The molecule has 0 aromatic heterocycles. The van der Waals surface area contributed by atoms with Crippen LogP contribution in [0.4, 0.5) is 8.78 Å². The van der Waals surface area contributed by atoms with E-state index in [-0.39, 0.29) is 12.1 Å². The third kappa shape index (κ3) is 3.35. The molecule has 0 amide bonds. The maximum atomic E-state index is 13.7. The van der Waals surface area contributed by atoms with Crippen LogP contribution >= 0.6 is 11.6 Å². The highest BCUT2D eigenvalue weighted by molar-refractivity contribution is 6.30. The van der Waals surface area contributed by atoms with Crippen molar-refractivity contribution in [3.8, 4) is 0 Å². The van der Waals surface area contributed by atoms with Crippen LogP contribution in [0.15, 0.2) is 42.5 Å². The number of hydrogen-bond acceptors (Lipinski definition) is 1. The van der Waals surface area contributed by atoms with Crippen molar-refractivity contribution in [2.75, 3.05) is 0 Å². The summed E-state index contributed by atoms with van der Waals surface area (Å²) in [6.07, 6.45) is 0. The van der Waals surface area contributed by atoms with Crippen LogP contribution in [0.1, 0.15) is 37.1 Å². The number of benzene rings is 2. The van der Waals surface area contributed by atoms with Gasteiger partial charge in [0.2, 0.25) is 0 Å². The van der Waals surface area contributed by atoms with Crippen LogP contribution in [0.25, 0.3) is 0 Å². The van der Waals surface area contributed by atoms with Gasteiger partial charge in [-0.25, -0.2) is 8.78 Å². The van der Waals surface area contributed by atoms with Gasteiger partial charge in [-0.05, 0) is 37.6 Å². The van der Waals surface area contributed by atoms with Crippen molar-refractivity contribution in [1.29, 1.82) is 0 Å². The topological polar surface area (TPSA) is 12.0 Å². The van der Waals surface area contributed by atoms with Crippen molar-refractivity contribution >= 4 is 11.6 Å². The average molecular weight is 296 g/mol. The van der Waals surface area contributed by atoms with Gasteiger partial charge >= 0.3 is 0 Å². The highest BCUT2D eigenvalue weighted by Crippen LogP contribution is 2.23. The first kappa shape index (κ1) is 14.9. The summed E-state index contributed by atoms with van der Waals surface area (Å²) < 4.78 is 27.0. The van der Waals surface area contributed by atoms with E-state index in [2.05, 4.69) is 5.32 Å². The summed E-state index contributed by atoms with van der Waals surface area (Å²) in [4.78, 5) is 0. The molecule has 1 nitrogen and oxygen atoms in total. The smallest absolute Gasteiger partial charge is 0.163 e. The molecule has 2 atom stereocenters. The lowest BCUT2D eigenvalue weighted by Crippen LogP contribution is -2.23. The molecule has 0 saturated carbocycles. The quantitative estimate of drug-likeness (QED) is 0.834. The number of rotatable bonds is 4. The molecule has 1 unspecified atom stereocenters. The van der Waals surface area contributed by atoms with Crippen LogP contribution < -0.4 is 5.32 Å². The zero-order chi connectivity index (χ0) is 14.7. The third-order valence-corrected chi connectivity index (χ3v) is 3.57. The molecule has 0 heterocycles. The molecular formula is C16H16ClF2N. The lowest BCUT2D eigenvalue weighted by atomic mass is 10.0. The van der Waals surface area contributed by atoms with E-state index < -0.39 is 11.6 Å². The Hall–Kier alpha value is -1.45. The second-order valence-corrected chi connectivity index (χ2v) is 5.24. The summed E-state index contributed by atoms with van der Waals surface area (Å²) >= 11 is 5.84. The fraction of sp³-hybridized carbons (Fsp3) is 0.250. The molecule has 20 heavy (non-hydrogen) atoms. The van der Waals surface area contributed by atoms with Gasteiger partial charge in [-0.15, -0.1) is 0 Å². The molecule has 106 valence electrons. The first-order chi connectivity index (χ1) is 9.49. The second kappa shape index (κ2) is 6.33. The minimum atomic E-state index is -0.824. The van der Waals surface area contributed by atoms with Gasteiger partial charge in [0.05, 0.1) is 0 Å².